The minimum atomic E-state index is -0.0398. The monoisotopic (exact) mass is 340 g/mol. The highest BCUT2D eigenvalue weighted by Crippen LogP contribution is 2.14. The number of hydrogen-bond acceptors (Lipinski definition) is 4. The Hall–Kier alpha value is -1.21. The van der Waals surface area contributed by atoms with Crippen molar-refractivity contribution in [3.8, 4) is 0 Å². The molecule has 0 amide bonds. The van der Waals surface area contributed by atoms with E-state index in [-0.39, 0.29) is 6.04 Å². The van der Waals surface area contributed by atoms with Crippen LogP contribution in [0.3, 0.4) is 0 Å². The molecule has 1 heterocycles. The van der Waals surface area contributed by atoms with Crippen LogP contribution >= 0.6 is 22.6 Å². The highest BCUT2D eigenvalue weighted by molar-refractivity contribution is 14.1. The van der Waals surface area contributed by atoms with Gasteiger partial charge < -0.3 is 11.1 Å². The van der Waals surface area contributed by atoms with Crippen molar-refractivity contribution in [1.82, 2.24) is 9.97 Å². The summed E-state index contributed by atoms with van der Waals surface area (Å²) < 4.78 is 0.991. The molecule has 1 aromatic carbocycles. The molecule has 0 bridgehead atoms. The van der Waals surface area contributed by atoms with Crippen molar-refractivity contribution in [3.05, 3.63) is 52.0 Å². The van der Waals surface area contributed by atoms with E-state index in [9.17, 15) is 0 Å². The molecule has 88 valence electrons. The quantitative estimate of drug-likeness (QED) is 0.838. The van der Waals surface area contributed by atoms with Crippen LogP contribution < -0.4 is 11.1 Å². The van der Waals surface area contributed by atoms with Gasteiger partial charge in [-0.15, -0.1) is 0 Å². The molecule has 0 aliphatic rings. The Balaban J connectivity index is 1.97. The van der Waals surface area contributed by atoms with Gasteiger partial charge in [-0.2, -0.15) is 0 Å². The Labute approximate surface area is 114 Å². The average molecular weight is 340 g/mol. The summed E-state index contributed by atoms with van der Waals surface area (Å²) >= 11 is 2.19. The Morgan fingerprint density at radius 1 is 1.29 bits per heavy atom. The van der Waals surface area contributed by atoms with E-state index >= 15 is 0 Å². The smallest absolute Gasteiger partial charge is 0.142 e. The highest BCUT2D eigenvalue weighted by Gasteiger charge is 2.06. The number of aromatic nitrogens is 2. The molecular formula is C12H13IN4. The third-order valence-electron chi connectivity index (χ3n) is 2.38. The first-order valence-corrected chi connectivity index (χ1v) is 6.35. The van der Waals surface area contributed by atoms with Crippen LogP contribution in [0, 0.1) is 3.57 Å². The van der Waals surface area contributed by atoms with Gasteiger partial charge in [-0.05, 0) is 28.2 Å². The van der Waals surface area contributed by atoms with E-state index in [1.807, 2.05) is 30.3 Å². The van der Waals surface area contributed by atoms with Crippen LogP contribution in [0.25, 0.3) is 0 Å². The zero-order chi connectivity index (χ0) is 12.1. The topological polar surface area (TPSA) is 63.8 Å². The molecule has 1 unspecified atom stereocenters. The predicted octanol–water partition coefficient (Wildman–Crippen LogP) is 2.19. The molecule has 4 nitrogen and oxygen atoms in total. The van der Waals surface area contributed by atoms with Crippen molar-refractivity contribution in [2.45, 2.75) is 6.04 Å². The number of rotatable bonds is 4. The number of halogens is 1. The van der Waals surface area contributed by atoms with Crippen molar-refractivity contribution in [3.63, 3.8) is 0 Å². The molecule has 3 N–H and O–H groups in total. The largest absolute Gasteiger partial charge is 0.367 e. The maximum Gasteiger partial charge on any atom is 0.142 e. The Morgan fingerprint density at radius 3 is 2.76 bits per heavy atom. The standard InChI is InChI=1S/C12H13IN4/c13-10-6-15-8-17-12(10)16-7-11(14)9-4-2-1-3-5-9/h1-6,8,11H,7,14H2,(H,15,16,17). The van der Waals surface area contributed by atoms with E-state index in [0.717, 1.165) is 15.0 Å². The molecular weight excluding hydrogens is 327 g/mol. The van der Waals surface area contributed by atoms with Crippen molar-refractivity contribution in [2.24, 2.45) is 5.73 Å². The minimum absolute atomic E-state index is 0.0398. The SMILES string of the molecule is NC(CNc1ncncc1I)c1ccccc1. The number of hydrogen-bond donors (Lipinski definition) is 2. The minimum Gasteiger partial charge on any atom is -0.367 e. The van der Waals surface area contributed by atoms with E-state index < -0.39 is 0 Å². The Kier molecular flexibility index (Phi) is 4.27. The molecule has 1 aromatic heterocycles. The Bertz CT molecular complexity index is 475. The first-order chi connectivity index (χ1) is 8.27. The van der Waals surface area contributed by atoms with Crippen LogP contribution in [0.2, 0.25) is 0 Å². The zero-order valence-corrected chi connectivity index (χ0v) is 11.3. The zero-order valence-electron chi connectivity index (χ0n) is 9.18. The molecule has 1 atom stereocenters. The third kappa shape index (κ3) is 3.37. The first kappa shape index (κ1) is 12.3. The summed E-state index contributed by atoms with van der Waals surface area (Å²) in [6, 6.07) is 9.97. The van der Waals surface area contributed by atoms with Gasteiger partial charge >= 0.3 is 0 Å². The van der Waals surface area contributed by atoms with E-state index in [0.29, 0.717) is 6.54 Å². The van der Waals surface area contributed by atoms with Crippen molar-refractivity contribution < 1.29 is 0 Å². The molecule has 0 fully saturated rings. The molecule has 0 aliphatic heterocycles. The Morgan fingerprint density at radius 2 is 2.06 bits per heavy atom. The van der Waals surface area contributed by atoms with Gasteiger partial charge in [0.2, 0.25) is 0 Å². The van der Waals surface area contributed by atoms with Crippen LogP contribution in [0.1, 0.15) is 11.6 Å². The molecule has 5 heteroatoms. The molecule has 2 aromatic rings. The number of anilines is 1. The van der Waals surface area contributed by atoms with E-state index in [4.69, 9.17) is 5.73 Å². The molecule has 17 heavy (non-hydrogen) atoms. The van der Waals surface area contributed by atoms with Crippen LogP contribution in [0.4, 0.5) is 5.82 Å². The molecule has 0 radical (unpaired) electrons. The van der Waals surface area contributed by atoms with Gasteiger partial charge in [0.05, 0.1) is 3.57 Å². The lowest BCUT2D eigenvalue weighted by molar-refractivity contribution is 0.761. The van der Waals surface area contributed by atoms with Crippen LogP contribution in [-0.2, 0) is 0 Å². The van der Waals surface area contributed by atoms with Gasteiger partial charge in [-0.25, -0.2) is 9.97 Å². The van der Waals surface area contributed by atoms with Gasteiger partial charge in [0.25, 0.3) is 0 Å². The summed E-state index contributed by atoms with van der Waals surface area (Å²) in [7, 11) is 0. The summed E-state index contributed by atoms with van der Waals surface area (Å²) in [6.07, 6.45) is 3.29. The van der Waals surface area contributed by atoms with Crippen molar-refractivity contribution in [1.29, 1.82) is 0 Å². The highest BCUT2D eigenvalue weighted by atomic mass is 127. The lowest BCUT2D eigenvalue weighted by Crippen LogP contribution is -2.21. The first-order valence-electron chi connectivity index (χ1n) is 5.27. The maximum atomic E-state index is 6.08. The van der Waals surface area contributed by atoms with E-state index in [2.05, 4.69) is 37.9 Å². The normalized spacial score (nSPS) is 12.1. The second-order valence-electron chi connectivity index (χ2n) is 3.62. The molecule has 0 saturated heterocycles. The average Bonchev–Trinajstić information content (AvgIpc) is 2.38. The van der Waals surface area contributed by atoms with Gasteiger partial charge in [0.15, 0.2) is 0 Å². The van der Waals surface area contributed by atoms with Crippen LogP contribution in [0.15, 0.2) is 42.9 Å². The maximum absolute atomic E-state index is 6.08. The van der Waals surface area contributed by atoms with Crippen LogP contribution in [-0.4, -0.2) is 16.5 Å². The second-order valence-corrected chi connectivity index (χ2v) is 4.78. The lowest BCUT2D eigenvalue weighted by atomic mass is 10.1. The van der Waals surface area contributed by atoms with Crippen molar-refractivity contribution in [2.75, 3.05) is 11.9 Å². The second kappa shape index (κ2) is 5.92. The van der Waals surface area contributed by atoms with Gasteiger partial charge in [-0.1, -0.05) is 30.3 Å². The van der Waals surface area contributed by atoms with E-state index in [1.54, 1.807) is 6.20 Å². The fraction of sp³-hybridized carbons (Fsp3) is 0.167. The number of nitrogens with zero attached hydrogens (tertiary/aromatic N) is 2. The van der Waals surface area contributed by atoms with Gasteiger partial charge in [-0.3, -0.25) is 0 Å². The third-order valence-corrected chi connectivity index (χ3v) is 3.17. The lowest BCUT2D eigenvalue weighted by Gasteiger charge is -2.13. The van der Waals surface area contributed by atoms with E-state index in [1.165, 1.54) is 6.33 Å². The summed E-state index contributed by atoms with van der Waals surface area (Å²) in [5.41, 5.74) is 7.20. The molecule has 0 spiro atoms. The predicted molar refractivity (Wildman–Crippen MR) is 76.6 cm³/mol. The molecule has 0 saturated carbocycles. The summed E-state index contributed by atoms with van der Waals surface area (Å²) in [5.74, 6) is 0.826. The number of nitrogens with one attached hydrogen (secondary N) is 1. The van der Waals surface area contributed by atoms with Gasteiger partial charge in [0, 0.05) is 18.8 Å². The fourth-order valence-corrected chi connectivity index (χ4v) is 1.96. The number of benzene rings is 1. The molecule has 2 rings (SSSR count). The summed E-state index contributed by atoms with van der Waals surface area (Å²) in [6.45, 7) is 0.650. The van der Waals surface area contributed by atoms with Crippen LogP contribution in [0.5, 0.6) is 0 Å². The summed E-state index contributed by atoms with van der Waals surface area (Å²) in [5, 5.41) is 3.23. The summed E-state index contributed by atoms with van der Waals surface area (Å²) in [4.78, 5) is 8.10. The van der Waals surface area contributed by atoms with Crippen molar-refractivity contribution >= 4 is 28.4 Å². The van der Waals surface area contributed by atoms with Gasteiger partial charge in [0.1, 0.15) is 12.1 Å². The molecule has 0 aliphatic carbocycles. The fourth-order valence-electron chi connectivity index (χ4n) is 1.47. The number of nitrogens with two attached hydrogens (primary N) is 1.